The number of amides is 2. The van der Waals surface area contributed by atoms with Gasteiger partial charge in [-0.15, -0.1) is 0 Å². The van der Waals surface area contributed by atoms with E-state index in [1.807, 2.05) is 42.2 Å². The van der Waals surface area contributed by atoms with Gasteiger partial charge in [-0.3, -0.25) is 9.59 Å². The van der Waals surface area contributed by atoms with Gasteiger partial charge in [-0.1, -0.05) is 18.2 Å². The first-order valence-corrected chi connectivity index (χ1v) is 9.05. The van der Waals surface area contributed by atoms with Crippen molar-refractivity contribution < 1.29 is 9.59 Å². The molecule has 26 heavy (non-hydrogen) atoms. The van der Waals surface area contributed by atoms with Gasteiger partial charge in [0.25, 0.3) is 11.8 Å². The lowest BCUT2D eigenvalue weighted by molar-refractivity contribution is 0.0663. The zero-order valence-corrected chi connectivity index (χ0v) is 15.4. The number of benzene rings is 2. The highest BCUT2D eigenvalue weighted by Gasteiger charge is 2.21. The van der Waals surface area contributed by atoms with Crippen LogP contribution in [0.2, 0.25) is 0 Å². The van der Waals surface area contributed by atoms with Gasteiger partial charge in [0.15, 0.2) is 0 Å². The van der Waals surface area contributed by atoms with Gasteiger partial charge in [-0.25, -0.2) is 0 Å². The largest absolute Gasteiger partial charge is 0.336 e. The number of para-hydroxylation sites is 1. The van der Waals surface area contributed by atoms with Crippen molar-refractivity contribution in [3.8, 4) is 0 Å². The third-order valence-corrected chi connectivity index (χ3v) is 4.80. The molecule has 3 rings (SSSR count). The Bertz CT molecular complexity index is 751. The molecule has 0 bridgehead atoms. The van der Waals surface area contributed by atoms with Crippen molar-refractivity contribution in [3.63, 3.8) is 0 Å². The summed E-state index contributed by atoms with van der Waals surface area (Å²) in [7, 11) is 2.06. The maximum atomic E-state index is 12.8. The maximum absolute atomic E-state index is 12.8. The summed E-state index contributed by atoms with van der Waals surface area (Å²) in [4.78, 5) is 31.3. The summed E-state index contributed by atoms with van der Waals surface area (Å²) in [5.74, 6) is -0.0233. The van der Waals surface area contributed by atoms with Crippen LogP contribution in [0.15, 0.2) is 54.6 Å². The van der Waals surface area contributed by atoms with Crippen LogP contribution in [-0.2, 0) is 0 Å². The molecule has 0 saturated carbocycles. The van der Waals surface area contributed by atoms with E-state index in [4.69, 9.17) is 0 Å². The molecule has 0 N–H and O–H groups in total. The molecule has 1 aliphatic heterocycles. The van der Waals surface area contributed by atoms with Crippen molar-refractivity contribution in [1.82, 2.24) is 9.80 Å². The fourth-order valence-electron chi connectivity index (χ4n) is 3.15. The molecule has 2 aromatic rings. The number of hydrogen-bond donors (Lipinski definition) is 0. The summed E-state index contributed by atoms with van der Waals surface area (Å²) in [5, 5.41) is 0. The topological polar surface area (TPSA) is 43.9 Å². The molecule has 0 radical (unpaired) electrons. The summed E-state index contributed by atoms with van der Waals surface area (Å²) in [5.41, 5.74) is 2.09. The van der Waals surface area contributed by atoms with Crippen molar-refractivity contribution >= 4 is 17.5 Å². The van der Waals surface area contributed by atoms with Gasteiger partial charge >= 0.3 is 0 Å². The molecule has 0 aliphatic carbocycles. The normalized spacial score (nSPS) is 14.9. The zero-order chi connectivity index (χ0) is 18.5. The van der Waals surface area contributed by atoms with Crippen LogP contribution in [0, 0.1) is 0 Å². The lowest BCUT2D eigenvalue weighted by atomic mass is 10.1. The molecular weight excluding hydrogens is 326 g/mol. The Morgan fingerprint density at radius 2 is 1.46 bits per heavy atom. The molecule has 136 valence electrons. The lowest BCUT2D eigenvalue weighted by Gasteiger charge is -2.32. The minimum Gasteiger partial charge on any atom is -0.336 e. The highest BCUT2D eigenvalue weighted by atomic mass is 16.2. The van der Waals surface area contributed by atoms with E-state index in [0.29, 0.717) is 17.7 Å². The molecule has 1 aliphatic rings. The SMILES string of the molecule is CCN(C(=O)c1ccc(C(=O)N2CCN(C)CC2)cc1)c1ccccc1. The lowest BCUT2D eigenvalue weighted by Crippen LogP contribution is -2.47. The van der Waals surface area contributed by atoms with Gasteiger partial charge in [0.2, 0.25) is 0 Å². The Morgan fingerprint density at radius 3 is 2.04 bits per heavy atom. The third kappa shape index (κ3) is 3.94. The fourth-order valence-corrected chi connectivity index (χ4v) is 3.15. The second kappa shape index (κ2) is 8.15. The average molecular weight is 351 g/mol. The first kappa shape index (κ1) is 18.1. The Morgan fingerprint density at radius 1 is 0.885 bits per heavy atom. The fraction of sp³-hybridized carbons (Fsp3) is 0.333. The van der Waals surface area contributed by atoms with Crippen LogP contribution in [-0.4, -0.2) is 61.4 Å². The van der Waals surface area contributed by atoms with Gasteiger partial charge in [0.1, 0.15) is 0 Å². The molecule has 1 heterocycles. The van der Waals surface area contributed by atoms with Crippen LogP contribution >= 0.6 is 0 Å². The van der Waals surface area contributed by atoms with Crippen LogP contribution in [0.5, 0.6) is 0 Å². The van der Waals surface area contributed by atoms with Crippen molar-refractivity contribution in [1.29, 1.82) is 0 Å². The average Bonchev–Trinajstić information content (AvgIpc) is 2.69. The first-order valence-electron chi connectivity index (χ1n) is 9.05. The van der Waals surface area contributed by atoms with E-state index in [1.165, 1.54) is 0 Å². The van der Waals surface area contributed by atoms with Crippen LogP contribution < -0.4 is 4.90 Å². The number of rotatable bonds is 4. The molecule has 0 atom stereocenters. The van der Waals surface area contributed by atoms with Crippen molar-refractivity contribution in [2.24, 2.45) is 0 Å². The standard InChI is InChI=1S/C21H25N3O2/c1-3-24(19-7-5-4-6-8-19)21(26)18-11-9-17(10-12-18)20(25)23-15-13-22(2)14-16-23/h4-12H,3,13-16H2,1-2H3. The molecule has 0 unspecified atom stereocenters. The summed E-state index contributed by atoms with van der Waals surface area (Å²) in [6.07, 6.45) is 0. The van der Waals surface area contributed by atoms with Crippen LogP contribution in [0.3, 0.4) is 0 Å². The van der Waals surface area contributed by atoms with Crippen molar-refractivity contribution in [2.75, 3.05) is 44.7 Å². The summed E-state index contributed by atoms with van der Waals surface area (Å²) in [6, 6.07) is 16.6. The predicted octanol–water partition coefficient (Wildman–Crippen LogP) is 2.74. The molecular formula is C21H25N3O2. The van der Waals surface area contributed by atoms with E-state index in [1.54, 1.807) is 29.2 Å². The summed E-state index contributed by atoms with van der Waals surface area (Å²) >= 11 is 0. The number of piperazine rings is 1. The van der Waals surface area contributed by atoms with Gasteiger partial charge in [-0.2, -0.15) is 0 Å². The van der Waals surface area contributed by atoms with Crippen molar-refractivity contribution in [2.45, 2.75) is 6.92 Å². The highest BCUT2D eigenvalue weighted by Crippen LogP contribution is 2.17. The van der Waals surface area contributed by atoms with Crippen LogP contribution in [0.4, 0.5) is 5.69 Å². The zero-order valence-electron chi connectivity index (χ0n) is 15.4. The molecule has 0 spiro atoms. The minimum atomic E-state index is -0.0581. The number of carbonyl (C=O) groups is 2. The van der Waals surface area contributed by atoms with E-state index in [-0.39, 0.29) is 11.8 Å². The molecule has 5 nitrogen and oxygen atoms in total. The van der Waals surface area contributed by atoms with Gasteiger partial charge in [0.05, 0.1) is 0 Å². The molecule has 1 fully saturated rings. The molecule has 2 aromatic carbocycles. The number of carbonyl (C=O) groups excluding carboxylic acids is 2. The van der Waals surface area contributed by atoms with Crippen LogP contribution in [0.25, 0.3) is 0 Å². The van der Waals surface area contributed by atoms with E-state index in [0.717, 1.165) is 31.9 Å². The Balaban J connectivity index is 1.72. The van der Waals surface area contributed by atoms with Gasteiger partial charge < -0.3 is 14.7 Å². The second-order valence-corrected chi connectivity index (χ2v) is 6.56. The molecule has 5 heteroatoms. The van der Waals surface area contributed by atoms with Gasteiger partial charge in [-0.05, 0) is 50.4 Å². The van der Waals surface area contributed by atoms with E-state index < -0.39 is 0 Å². The van der Waals surface area contributed by atoms with Crippen LogP contribution in [0.1, 0.15) is 27.6 Å². The number of nitrogens with zero attached hydrogens (tertiary/aromatic N) is 3. The van der Waals surface area contributed by atoms with E-state index >= 15 is 0 Å². The smallest absolute Gasteiger partial charge is 0.258 e. The minimum absolute atomic E-state index is 0.0347. The van der Waals surface area contributed by atoms with Gasteiger partial charge in [0, 0.05) is 49.5 Å². The highest BCUT2D eigenvalue weighted by molar-refractivity contribution is 6.06. The summed E-state index contributed by atoms with van der Waals surface area (Å²) < 4.78 is 0. The van der Waals surface area contributed by atoms with Crippen molar-refractivity contribution in [3.05, 3.63) is 65.7 Å². The number of anilines is 1. The van der Waals surface area contributed by atoms with E-state index in [2.05, 4.69) is 11.9 Å². The number of hydrogen-bond acceptors (Lipinski definition) is 3. The molecule has 2 amide bonds. The second-order valence-electron chi connectivity index (χ2n) is 6.56. The quantitative estimate of drug-likeness (QED) is 0.851. The maximum Gasteiger partial charge on any atom is 0.258 e. The third-order valence-electron chi connectivity index (χ3n) is 4.80. The first-order chi connectivity index (χ1) is 12.6. The molecule has 0 aromatic heterocycles. The summed E-state index contributed by atoms with van der Waals surface area (Å²) in [6.45, 7) is 5.82. The number of likely N-dealkylation sites (N-methyl/N-ethyl adjacent to an activating group) is 1. The predicted molar refractivity (Wildman–Crippen MR) is 104 cm³/mol. The molecule has 1 saturated heterocycles. The Hall–Kier alpha value is -2.66. The Kier molecular flexibility index (Phi) is 5.68. The van der Waals surface area contributed by atoms with E-state index in [9.17, 15) is 9.59 Å². The Labute approximate surface area is 154 Å². The monoisotopic (exact) mass is 351 g/mol.